The first-order valence-electron chi connectivity index (χ1n) is 10.6. The van der Waals surface area contributed by atoms with E-state index in [1.165, 1.54) is 25.7 Å². The van der Waals surface area contributed by atoms with Crippen LogP contribution in [0.5, 0.6) is 0 Å². The van der Waals surface area contributed by atoms with Gasteiger partial charge in [0, 0.05) is 0 Å². The Labute approximate surface area is 138 Å². The Kier molecular flexibility index (Phi) is 3.90. The number of rotatable bonds is 2. The molecular formula is C22H38. The van der Waals surface area contributed by atoms with Crippen LogP contribution >= 0.6 is 0 Å². The molecule has 126 valence electrons. The normalized spacial score (nSPS) is 54.4. The molecule has 4 aliphatic carbocycles. The molecule has 0 saturated heterocycles. The first kappa shape index (κ1) is 15.5. The molecule has 0 unspecified atom stereocenters. The van der Waals surface area contributed by atoms with E-state index < -0.39 is 0 Å². The van der Waals surface area contributed by atoms with Gasteiger partial charge in [-0.25, -0.2) is 0 Å². The van der Waals surface area contributed by atoms with E-state index in [0.29, 0.717) is 0 Å². The molecule has 0 aromatic heterocycles. The molecule has 0 radical (unpaired) electrons. The van der Waals surface area contributed by atoms with Gasteiger partial charge in [0.25, 0.3) is 0 Å². The van der Waals surface area contributed by atoms with Gasteiger partial charge in [0.05, 0.1) is 0 Å². The van der Waals surface area contributed by atoms with Crippen LogP contribution in [0.25, 0.3) is 0 Å². The van der Waals surface area contributed by atoms with Crippen molar-refractivity contribution in [2.75, 3.05) is 0 Å². The van der Waals surface area contributed by atoms with Gasteiger partial charge in [-0.05, 0) is 91.8 Å². The minimum atomic E-state index is 0.717. The van der Waals surface area contributed by atoms with E-state index in [1.807, 2.05) is 0 Å². The second kappa shape index (κ2) is 5.52. The van der Waals surface area contributed by atoms with Crippen molar-refractivity contribution in [2.24, 2.45) is 40.4 Å². The summed E-state index contributed by atoms with van der Waals surface area (Å²) in [5.41, 5.74) is 1.44. The van der Waals surface area contributed by atoms with Crippen molar-refractivity contribution in [3.8, 4) is 0 Å². The third kappa shape index (κ3) is 2.07. The maximum absolute atomic E-state index is 2.72. The quantitative estimate of drug-likeness (QED) is 0.524. The van der Waals surface area contributed by atoms with E-state index in [2.05, 4.69) is 20.8 Å². The van der Waals surface area contributed by atoms with Crippen LogP contribution in [-0.4, -0.2) is 0 Å². The Hall–Kier alpha value is 0. The van der Waals surface area contributed by atoms with Crippen LogP contribution in [0.2, 0.25) is 0 Å². The average Bonchev–Trinajstić information content (AvgIpc) is 2.84. The second-order valence-electron chi connectivity index (χ2n) is 10.0. The molecule has 22 heavy (non-hydrogen) atoms. The van der Waals surface area contributed by atoms with Crippen LogP contribution in [0.15, 0.2) is 0 Å². The van der Waals surface area contributed by atoms with Crippen LogP contribution in [-0.2, 0) is 0 Å². The summed E-state index contributed by atoms with van der Waals surface area (Å²) in [5, 5.41) is 0. The van der Waals surface area contributed by atoms with E-state index >= 15 is 0 Å². The first-order chi connectivity index (χ1) is 10.6. The first-order valence-corrected chi connectivity index (χ1v) is 10.6. The lowest BCUT2D eigenvalue weighted by Gasteiger charge is -2.60. The van der Waals surface area contributed by atoms with Gasteiger partial charge in [-0.15, -0.1) is 0 Å². The highest BCUT2D eigenvalue weighted by molar-refractivity contribution is 5.08. The van der Waals surface area contributed by atoms with Crippen molar-refractivity contribution in [1.29, 1.82) is 0 Å². The summed E-state index contributed by atoms with van der Waals surface area (Å²) in [4.78, 5) is 0. The number of hydrogen-bond donors (Lipinski definition) is 0. The summed E-state index contributed by atoms with van der Waals surface area (Å²) >= 11 is 0. The molecule has 0 aromatic rings. The predicted molar refractivity (Wildman–Crippen MR) is 94.7 cm³/mol. The van der Waals surface area contributed by atoms with E-state index in [1.54, 1.807) is 51.4 Å². The molecule has 0 aromatic carbocycles. The third-order valence-corrected chi connectivity index (χ3v) is 9.42. The Bertz CT molecular complexity index is 412. The largest absolute Gasteiger partial charge is 0.0654 e. The van der Waals surface area contributed by atoms with Gasteiger partial charge in [0.2, 0.25) is 0 Å². The van der Waals surface area contributed by atoms with Crippen LogP contribution in [0.3, 0.4) is 0 Å². The zero-order valence-corrected chi connectivity index (χ0v) is 15.4. The molecule has 0 N–H and O–H groups in total. The lowest BCUT2D eigenvalue weighted by molar-refractivity contribution is -0.111. The van der Waals surface area contributed by atoms with E-state index in [-0.39, 0.29) is 0 Å². The number of hydrogen-bond acceptors (Lipinski definition) is 0. The zero-order valence-electron chi connectivity index (χ0n) is 15.4. The molecule has 4 saturated carbocycles. The maximum atomic E-state index is 2.72. The van der Waals surface area contributed by atoms with Gasteiger partial charge in [-0.1, -0.05) is 46.5 Å². The summed E-state index contributed by atoms with van der Waals surface area (Å²) in [6.07, 6.45) is 18.5. The Morgan fingerprint density at radius 2 is 1.59 bits per heavy atom. The zero-order chi connectivity index (χ0) is 15.4. The second-order valence-corrected chi connectivity index (χ2v) is 10.0. The monoisotopic (exact) mass is 302 g/mol. The summed E-state index contributed by atoms with van der Waals surface area (Å²) in [7, 11) is 0. The van der Waals surface area contributed by atoms with Crippen molar-refractivity contribution in [3.05, 3.63) is 0 Å². The Morgan fingerprint density at radius 1 is 0.773 bits per heavy atom. The SMILES string of the molecule is CCC[C@@H]1CC[C@H]2[C@@H]3CC[C@@H]4CCCC[C@]4(C)[C@H]3CC[C@]12C. The molecule has 4 aliphatic rings. The van der Waals surface area contributed by atoms with Gasteiger partial charge in [-0.3, -0.25) is 0 Å². The van der Waals surface area contributed by atoms with E-state index in [0.717, 1.165) is 40.4 Å². The fourth-order valence-electron chi connectivity index (χ4n) is 8.23. The lowest BCUT2D eigenvalue weighted by Crippen LogP contribution is -2.52. The average molecular weight is 303 g/mol. The molecule has 0 amide bonds. The van der Waals surface area contributed by atoms with Crippen LogP contribution < -0.4 is 0 Å². The van der Waals surface area contributed by atoms with Crippen molar-refractivity contribution in [3.63, 3.8) is 0 Å². The van der Waals surface area contributed by atoms with Crippen molar-refractivity contribution >= 4 is 0 Å². The molecule has 7 atom stereocenters. The van der Waals surface area contributed by atoms with Gasteiger partial charge in [0.1, 0.15) is 0 Å². The Balaban J connectivity index is 1.59. The standard InChI is InChI=1S/C22H38/c1-4-7-16-10-12-19-18-11-9-17-8-5-6-14-21(17,2)20(18)13-15-22(16,19)3/h16-20H,4-15H2,1-3H3/t16-,17+,18+,19+,20+,21+,22-/m1/s1. The van der Waals surface area contributed by atoms with Gasteiger partial charge >= 0.3 is 0 Å². The molecule has 4 rings (SSSR count). The summed E-state index contributed by atoms with van der Waals surface area (Å²) in [6, 6.07) is 0. The number of fused-ring (bicyclic) bond motifs is 5. The minimum Gasteiger partial charge on any atom is -0.0654 e. The molecule has 4 fully saturated rings. The highest BCUT2D eigenvalue weighted by Gasteiger charge is 2.59. The van der Waals surface area contributed by atoms with E-state index in [9.17, 15) is 0 Å². The van der Waals surface area contributed by atoms with Gasteiger partial charge in [-0.2, -0.15) is 0 Å². The predicted octanol–water partition coefficient (Wildman–Crippen LogP) is 6.84. The highest BCUT2D eigenvalue weighted by atomic mass is 14.6. The van der Waals surface area contributed by atoms with Crippen molar-refractivity contribution in [2.45, 2.75) is 97.8 Å². The Morgan fingerprint density at radius 3 is 2.41 bits per heavy atom. The molecule has 0 bridgehead atoms. The maximum Gasteiger partial charge on any atom is -0.0266 e. The fraction of sp³-hybridized carbons (Fsp3) is 1.00. The summed E-state index contributed by atoms with van der Waals surface area (Å²) in [6.45, 7) is 7.82. The summed E-state index contributed by atoms with van der Waals surface area (Å²) < 4.78 is 0. The fourth-order valence-corrected chi connectivity index (χ4v) is 8.23. The molecule has 0 spiro atoms. The molecule has 0 heteroatoms. The van der Waals surface area contributed by atoms with Crippen LogP contribution in [0, 0.1) is 40.4 Å². The smallest absolute Gasteiger partial charge is 0.0266 e. The lowest BCUT2D eigenvalue weighted by atomic mass is 9.45. The van der Waals surface area contributed by atoms with Crippen molar-refractivity contribution in [1.82, 2.24) is 0 Å². The van der Waals surface area contributed by atoms with Gasteiger partial charge < -0.3 is 0 Å². The van der Waals surface area contributed by atoms with Crippen molar-refractivity contribution < 1.29 is 0 Å². The van der Waals surface area contributed by atoms with Gasteiger partial charge in [0.15, 0.2) is 0 Å². The van der Waals surface area contributed by atoms with E-state index in [4.69, 9.17) is 0 Å². The van der Waals surface area contributed by atoms with Crippen LogP contribution in [0.4, 0.5) is 0 Å². The molecular weight excluding hydrogens is 264 g/mol. The highest BCUT2D eigenvalue weighted by Crippen LogP contribution is 2.67. The summed E-state index contributed by atoms with van der Waals surface area (Å²) in [5.74, 6) is 5.41. The topological polar surface area (TPSA) is 0 Å². The molecule has 0 aliphatic heterocycles. The van der Waals surface area contributed by atoms with Crippen LogP contribution in [0.1, 0.15) is 97.8 Å². The third-order valence-electron chi connectivity index (χ3n) is 9.42. The molecule has 0 heterocycles. The molecule has 0 nitrogen and oxygen atoms in total. The minimum absolute atomic E-state index is 0.717.